The first-order valence-corrected chi connectivity index (χ1v) is 9.11. The van der Waals surface area contributed by atoms with Crippen molar-refractivity contribution in [2.75, 3.05) is 5.43 Å². The molecule has 25 heavy (non-hydrogen) atoms. The molecule has 0 atom stereocenters. The SMILES string of the molecule is CC/C(Cc1ccccc1)=N\Nc1nc(-c2ccc(F)c(C)c2)cs1. The fourth-order valence-electron chi connectivity index (χ4n) is 2.46. The Hall–Kier alpha value is -2.53. The zero-order chi connectivity index (χ0) is 17.6. The van der Waals surface area contributed by atoms with Gasteiger partial charge in [-0.05, 0) is 42.7 Å². The lowest BCUT2D eigenvalue weighted by atomic mass is 10.1. The summed E-state index contributed by atoms with van der Waals surface area (Å²) in [5, 5.41) is 7.19. The molecule has 1 heterocycles. The molecule has 128 valence electrons. The van der Waals surface area contributed by atoms with Gasteiger partial charge in [0.25, 0.3) is 0 Å². The molecule has 1 aromatic heterocycles. The van der Waals surface area contributed by atoms with Gasteiger partial charge in [0.05, 0.1) is 5.69 Å². The summed E-state index contributed by atoms with van der Waals surface area (Å²) in [5.74, 6) is -0.199. The number of hydrogen-bond donors (Lipinski definition) is 1. The Labute approximate surface area is 151 Å². The third-order valence-corrected chi connectivity index (χ3v) is 4.67. The Bertz CT molecular complexity index is 872. The number of rotatable bonds is 6. The lowest BCUT2D eigenvalue weighted by Gasteiger charge is -2.04. The van der Waals surface area contributed by atoms with Crippen molar-refractivity contribution in [2.24, 2.45) is 5.10 Å². The van der Waals surface area contributed by atoms with Crippen LogP contribution in [0.3, 0.4) is 0 Å². The second-order valence-corrected chi connectivity index (χ2v) is 6.67. The predicted octanol–water partition coefficient (Wildman–Crippen LogP) is 5.68. The summed E-state index contributed by atoms with van der Waals surface area (Å²) in [7, 11) is 0. The molecule has 0 fully saturated rings. The van der Waals surface area contributed by atoms with Gasteiger partial charge < -0.3 is 0 Å². The van der Waals surface area contributed by atoms with Crippen molar-refractivity contribution in [3.05, 3.63) is 70.9 Å². The fraction of sp³-hybridized carbons (Fsp3) is 0.200. The van der Waals surface area contributed by atoms with Gasteiger partial charge in [0.1, 0.15) is 5.82 Å². The summed E-state index contributed by atoms with van der Waals surface area (Å²) in [6, 6.07) is 15.3. The smallest absolute Gasteiger partial charge is 0.203 e. The molecule has 0 spiro atoms. The average Bonchev–Trinajstić information content (AvgIpc) is 3.11. The molecule has 2 aromatic carbocycles. The van der Waals surface area contributed by atoms with E-state index < -0.39 is 0 Å². The topological polar surface area (TPSA) is 37.3 Å². The van der Waals surface area contributed by atoms with Gasteiger partial charge in [-0.3, -0.25) is 5.43 Å². The number of anilines is 1. The largest absolute Gasteiger partial charge is 0.253 e. The van der Waals surface area contributed by atoms with Crippen LogP contribution in [0.15, 0.2) is 59.0 Å². The van der Waals surface area contributed by atoms with E-state index in [0.717, 1.165) is 34.9 Å². The highest BCUT2D eigenvalue weighted by molar-refractivity contribution is 7.14. The Kier molecular flexibility index (Phi) is 5.56. The van der Waals surface area contributed by atoms with Crippen molar-refractivity contribution in [2.45, 2.75) is 26.7 Å². The van der Waals surface area contributed by atoms with E-state index in [1.54, 1.807) is 13.0 Å². The van der Waals surface area contributed by atoms with Gasteiger partial charge >= 0.3 is 0 Å². The summed E-state index contributed by atoms with van der Waals surface area (Å²) in [6.45, 7) is 3.85. The summed E-state index contributed by atoms with van der Waals surface area (Å²) < 4.78 is 13.4. The van der Waals surface area contributed by atoms with E-state index in [0.29, 0.717) is 5.56 Å². The number of halogens is 1. The monoisotopic (exact) mass is 353 g/mol. The molecule has 0 saturated carbocycles. The third kappa shape index (κ3) is 4.51. The van der Waals surface area contributed by atoms with Crippen molar-refractivity contribution in [3.63, 3.8) is 0 Å². The minimum Gasteiger partial charge on any atom is -0.253 e. The molecule has 0 aliphatic rings. The average molecular weight is 353 g/mol. The number of thiazole rings is 1. The highest BCUT2D eigenvalue weighted by atomic mass is 32.1. The van der Waals surface area contributed by atoms with Crippen molar-refractivity contribution >= 4 is 22.2 Å². The van der Waals surface area contributed by atoms with Gasteiger partial charge in [-0.15, -0.1) is 11.3 Å². The summed E-state index contributed by atoms with van der Waals surface area (Å²) in [6.07, 6.45) is 1.69. The zero-order valence-corrected chi connectivity index (χ0v) is 15.1. The van der Waals surface area contributed by atoms with E-state index in [1.165, 1.54) is 23.0 Å². The van der Waals surface area contributed by atoms with Gasteiger partial charge in [-0.1, -0.05) is 37.3 Å². The van der Waals surface area contributed by atoms with E-state index in [1.807, 2.05) is 29.6 Å². The van der Waals surface area contributed by atoms with Crippen LogP contribution in [0.2, 0.25) is 0 Å². The highest BCUT2D eigenvalue weighted by Gasteiger charge is 2.07. The maximum absolute atomic E-state index is 13.4. The maximum atomic E-state index is 13.4. The third-order valence-electron chi connectivity index (χ3n) is 3.93. The lowest BCUT2D eigenvalue weighted by molar-refractivity contribution is 0.619. The van der Waals surface area contributed by atoms with Crippen LogP contribution in [0, 0.1) is 12.7 Å². The van der Waals surface area contributed by atoms with Gasteiger partial charge in [-0.2, -0.15) is 5.10 Å². The molecule has 5 heteroatoms. The predicted molar refractivity (Wildman–Crippen MR) is 104 cm³/mol. The van der Waals surface area contributed by atoms with Gasteiger partial charge in [0, 0.05) is 23.1 Å². The molecule has 3 rings (SSSR count). The standard InChI is InChI=1S/C20H20FN3S/c1-3-17(12-15-7-5-4-6-8-15)23-24-20-22-19(13-25-20)16-9-10-18(21)14(2)11-16/h4-11,13H,3,12H2,1-2H3,(H,22,24)/b23-17+. The van der Waals surface area contributed by atoms with Crippen LogP contribution in [0.5, 0.6) is 0 Å². The van der Waals surface area contributed by atoms with Crippen LogP contribution in [-0.2, 0) is 6.42 Å². The number of aromatic nitrogens is 1. The highest BCUT2D eigenvalue weighted by Crippen LogP contribution is 2.26. The van der Waals surface area contributed by atoms with Crippen molar-refractivity contribution < 1.29 is 4.39 Å². The van der Waals surface area contributed by atoms with Crippen molar-refractivity contribution in [3.8, 4) is 11.3 Å². The molecular weight excluding hydrogens is 333 g/mol. The van der Waals surface area contributed by atoms with Crippen LogP contribution in [0.1, 0.15) is 24.5 Å². The molecule has 0 radical (unpaired) electrons. The van der Waals surface area contributed by atoms with E-state index in [-0.39, 0.29) is 5.82 Å². The fourth-order valence-corrected chi connectivity index (χ4v) is 3.13. The molecule has 0 aliphatic heterocycles. The molecule has 0 bridgehead atoms. The summed E-state index contributed by atoms with van der Waals surface area (Å²) >= 11 is 1.49. The molecule has 3 aromatic rings. The Morgan fingerprint density at radius 1 is 1.20 bits per heavy atom. The molecule has 1 N–H and O–H groups in total. The molecule has 0 saturated heterocycles. The van der Waals surface area contributed by atoms with E-state index in [9.17, 15) is 4.39 Å². The molecular formula is C20H20FN3S. The number of benzene rings is 2. The van der Waals surface area contributed by atoms with Crippen molar-refractivity contribution in [1.82, 2.24) is 4.98 Å². The van der Waals surface area contributed by atoms with Crippen LogP contribution in [0.4, 0.5) is 9.52 Å². The van der Waals surface area contributed by atoms with Gasteiger partial charge in [-0.25, -0.2) is 9.37 Å². The number of hydrogen-bond acceptors (Lipinski definition) is 4. The van der Waals surface area contributed by atoms with E-state index in [4.69, 9.17) is 0 Å². The minimum absolute atomic E-state index is 0.199. The first kappa shape index (κ1) is 17.3. The normalized spacial score (nSPS) is 11.6. The quantitative estimate of drug-likeness (QED) is 0.457. The first-order chi connectivity index (χ1) is 12.2. The van der Waals surface area contributed by atoms with Crippen molar-refractivity contribution in [1.29, 1.82) is 0 Å². The van der Waals surface area contributed by atoms with Crippen LogP contribution in [-0.4, -0.2) is 10.7 Å². The van der Waals surface area contributed by atoms with E-state index in [2.05, 4.69) is 34.6 Å². The Balaban J connectivity index is 1.70. The zero-order valence-electron chi connectivity index (χ0n) is 14.3. The lowest BCUT2D eigenvalue weighted by Crippen LogP contribution is -2.05. The van der Waals surface area contributed by atoms with Gasteiger partial charge in [0.15, 0.2) is 0 Å². The molecule has 0 unspecified atom stereocenters. The number of nitrogens with zero attached hydrogens (tertiary/aromatic N) is 2. The van der Waals surface area contributed by atoms with E-state index >= 15 is 0 Å². The Morgan fingerprint density at radius 3 is 2.72 bits per heavy atom. The number of aryl methyl sites for hydroxylation is 1. The minimum atomic E-state index is -0.199. The summed E-state index contributed by atoms with van der Waals surface area (Å²) in [4.78, 5) is 4.54. The number of hydrazone groups is 1. The van der Waals surface area contributed by atoms with Crippen LogP contribution >= 0.6 is 11.3 Å². The van der Waals surface area contributed by atoms with Crippen LogP contribution < -0.4 is 5.43 Å². The van der Waals surface area contributed by atoms with Gasteiger partial charge in [0.2, 0.25) is 5.13 Å². The molecule has 0 aliphatic carbocycles. The summed E-state index contributed by atoms with van der Waals surface area (Å²) in [5.41, 5.74) is 7.72. The number of nitrogens with one attached hydrogen (secondary N) is 1. The van der Waals surface area contributed by atoms with Crippen LogP contribution in [0.25, 0.3) is 11.3 Å². The molecule has 3 nitrogen and oxygen atoms in total. The second kappa shape index (κ2) is 8.03. The second-order valence-electron chi connectivity index (χ2n) is 5.81. The molecule has 0 amide bonds. The maximum Gasteiger partial charge on any atom is 0.203 e. The Morgan fingerprint density at radius 2 is 2.00 bits per heavy atom. The first-order valence-electron chi connectivity index (χ1n) is 8.23.